The Bertz CT molecular complexity index is 538. The second-order valence-corrected chi connectivity index (χ2v) is 6.92. The summed E-state index contributed by atoms with van der Waals surface area (Å²) in [6.07, 6.45) is 0.829. The van der Waals surface area contributed by atoms with E-state index >= 15 is 0 Å². The predicted octanol–water partition coefficient (Wildman–Crippen LogP) is 1.68. The summed E-state index contributed by atoms with van der Waals surface area (Å²) in [5.41, 5.74) is 1.52. The Labute approximate surface area is 127 Å². The van der Waals surface area contributed by atoms with Crippen LogP contribution in [0, 0.1) is 0 Å². The van der Waals surface area contributed by atoms with Crippen LogP contribution in [0.3, 0.4) is 0 Å². The van der Waals surface area contributed by atoms with Crippen molar-refractivity contribution in [3.05, 3.63) is 24.3 Å². The lowest BCUT2D eigenvalue weighted by Gasteiger charge is -2.36. The summed E-state index contributed by atoms with van der Waals surface area (Å²) in [5, 5.41) is 0. The van der Waals surface area contributed by atoms with Gasteiger partial charge in [-0.1, -0.05) is 17.6 Å². The molecule has 2 saturated heterocycles. The van der Waals surface area contributed by atoms with Gasteiger partial charge in [0, 0.05) is 24.8 Å². The third-order valence-corrected chi connectivity index (χ3v) is 4.09. The Hall–Kier alpha value is -1.65. The molecule has 2 fully saturated rings. The van der Waals surface area contributed by atoms with E-state index in [2.05, 4.69) is 4.90 Å². The number of ether oxygens (including phenoxy) is 1. The van der Waals surface area contributed by atoms with Gasteiger partial charge >= 0.3 is 6.09 Å². The predicted molar refractivity (Wildman–Crippen MR) is 84.3 cm³/mol. The first-order chi connectivity index (χ1) is 9.83. The highest BCUT2D eigenvalue weighted by atomic mass is 16.6. The van der Waals surface area contributed by atoms with Crippen LogP contribution >= 0.6 is 0 Å². The van der Waals surface area contributed by atoms with Gasteiger partial charge in [0.1, 0.15) is 13.4 Å². The number of rotatable bonds is 1. The molecule has 0 aliphatic carbocycles. The van der Waals surface area contributed by atoms with Gasteiger partial charge in [0.05, 0.1) is 6.04 Å². The van der Waals surface area contributed by atoms with Gasteiger partial charge in [-0.15, -0.1) is 0 Å². The molecule has 1 aromatic carbocycles. The molecule has 110 valence electrons. The highest BCUT2D eigenvalue weighted by molar-refractivity contribution is 6.32. The fraction of sp³-hybridized carbons (Fsp3) is 0.562. The van der Waals surface area contributed by atoms with E-state index in [1.54, 1.807) is 0 Å². The van der Waals surface area contributed by atoms with Gasteiger partial charge in [-0.2, -0.15) is 0 Å². The Morgan fingerprint density at radius 2 is 1.86 bits per heavy atom. The van der Waals surface area contributed by atoms with Crippen LogP contribution < -0.4 is 10.4 Å². The zero-order valence-corrected chi connectivity index (χ0v) is 12.9. The van der Waals surface area contributed by atoms with Crippen molar-refractivity contribution >= 4 is 25.1 Å². The van der Waals surface area contributed by atoms with Gasteiger partial charge in [-0.25, -0.2) is 4.79 Å². The number of benzene rings is 1. The van der Waals surface area contributed by atoms with E-state index in [-0.39, 0.29) is 12.1 Å². The smallest absolute Gasteiger partial charge is 0.410 e. The summed E-state index contributed by atoms with van der Waals surface area (Å²) in [5.74, 6) is 0. The topological polar surface area (TPSA) is 32.8 Å². The van der Waals surface area contributed by atoms with Gasteiger partial charge in [0.15, 0.2) is 0 Å². The molecule has 0 unspecified atom stereocenters. The summed E-state index contributed by atoms with van der Waals surface area (Å²) in [4.78, 5) is 16.5. The van der Waals surface area contributed by atoms with Crippen LogP contribution in [0.15, 0.2) is 24.3 Å². The highest BCUT2D eigenvalue weighted by Gasteiger charge is 2.46. The van der Waals surface area contributed by atoms with Gasteiger partial charge < -0.3 is 14.5 Å². The molecular formula is C16H21BN2O2. The van der Waals surface area contributed by atoms with Gasteiger partial charge in [-0.3, -0.25) is 0 Å². The minimum atomic E-state index is -0.435. The molecule has 2 atom stereocenters. The number of carbonyl (C=O) groups is 1. The van der Waals surface area contributed by atoms with E-state index in [4.69, 9.17) is 12.6 Å². The van der Waals surface area contributed by atoms with Crippen molar-refractivity contribution < 1.29 is 9.53 Å². The third kappa shape index (κ3) is 2.87. The Morgan fingerprint density at radius 3 is 2.38 bits per heavy atom. The van der Waals surface area contributed by atoms with Crippen LogP contribution in [0.4, 0.5) is 10.5 Å². The standard InChI is InChI=1S/C16H21BN2O2/c1-16(2,3)21-15(20)19-10-13-8-14(19)9-18(13)12-6-4-11(17)5-7-12/h4-7,13-14H,8-10H2,1-3H3/t13-,14-/m0/s1. The van der Waals surface area contributed by atoms with Crippen molar-refractivity contribution in [2.45, 2.75) is 44.9 Å². The SMILES string of the molecule is [B]c1ccc(N2C[C@@H]3C[C@H]2CN3C(=O)OC(C)(C)C)cc1. The molecule has 1 aromatic rings. The molecular weight excluding hydrogens is 263 g/mol. The summed E-state index contributed by atoms with van der Waals surface area (Å²) < 4.78 is 5.48. The molecule has 21 heavy (non-hydrogen) atoms. The fourth-order valence-corrected chi connectivity index (χ4v) is 3.19. The Balaban J connectivity index is 1.66. The third-order valence-electron chi connectivity index (χ3n) is 4.09. The van der Waals surface area contributed by atoms with Crippen LogP contribution in [0.1, 0.15) is 27.2 Å². The molecule has 2 aliphatic heterocycles. The quantitative estimate of drug-likeness (QED) is 0.736. The highest BCUT2D eigenvalue weighted by Crippen LogP contribution is 2.35. The maximum atomic E-state index is 12.2. The monoisotopic (exact) mass is 284 g/mol. The molecule has 2 heterocycles. The number of likely N-dealkylation sites (tertiary alicyclic amines) is 1. The lowest BCUT2D eigenvalue weighted by atomic mass is 9.96. The van der Waals surface area contributed by atoms with Gasteiger partial charge in [0.2, 0.25) is 0 Å². The summed E-state index contributed by atoms with van der Waals surface area (Å²) in [7, 11) is 5.73. The second-order valence-electron chi connectivity index (χ2n) is 6.92. The fourth-order valence-electron chi connectivity index (χ4n) is 3.19. The molecule has 5 heteroatoms. The number of anilines is 1. The minimum Gasteiger partial charge on any atom is -0.444 e. The van der Waals surface area contributed by atoms with Crippen molar-refractivity contribution in [1.82, 2.24) is 4.90 Å². The molecule has 0 spiro atoms. The maximum absolute atomic E-state index is 12.2. The van der Waals surface area contributed by atoms with E-state index in [9.17, 15) is 4.79 Å². The van der Waals surface area contributed by atoms with E-state index in [0.29, 0.717) is 6.04 Å². The number of amides is 1. The number of piperazine rings is 1. The van der Waals surface area contributed by atoms with Crippen molar-refractivity contribution in [3.8, 4) is 0 Å². The van der Waals surface area contributed by atoms with E-state index in [0.717, 1.165) is 25.0 Å². The van der Waals surface area contributed by atoms with Crippen LogP contribution in [-0.4, -0.2) is 49.6 Å². The largest absolute Gasteiger partial charge is 0.444 e. The molecule has 2 aliphatic rings. The lowest BCUT2D eigenvalue weighted by molar-refractivity contribution is 0.0215. The molecule has 0 aromatic heterocycles. The Kier molecular flexibility index (Phi) is 3.38. The van der Waals surface area contributed by atoms with Gasteiger partial charge in [0.25, 0.3) is 0 Å². The molecule has 2 bridgehead atoms. The Morgan fingerprint density at radius 1 is 1.19 bits per heavy atom. The first-order valence-electron chi connectivity index (χ1n) is 7.45. The van der Waals surface area contributed by atoms with Crippen LogP contribution in [0.2, 0.25) is 0 Å². The normalized spacial score (nSPS) is 24.5. The molecule has 3 rings (SSSR count). The van der Waals surface area contributed by atoms with Crippen LogP contribution in [0.25, 0.3) is 0 Å². The first kappa shape index (κ1) is 14.3. The van der Waals surface area contributed by atoms with E-state index < -0.39 is 5.60 Å². The number of carbonyl (C=O) groups excluding carboxylic acids is 1. The average Bonchev–Trinajstić information content (AvgIpc) is 2.97. The molecule has 0 saturated carbocycles. The molecule has 0 N–H and O–H groups in total. The minimum absolute atomic E-state index is 0.188. The van der Waals surface area contributed by atoms with Crippen molar-refractivity contribution in [3.63, 3.8) is 0 Å². The van der Waals surface area contributed by atoms with Crippen molar-refractivity contribution in [2.24, 2.45) is 0 Å². The number of hydrogen-bond acceptors (Lipinski definition) is 3. The average molecular weight is 284 g/mol. The first-order valence-corrected chi connectivity index (χ1v) is 7.45. The van der Waals surface area contributed by atoms with Gasteiger partial charge in [-0.05, 0) is 39.3 Å². The van der Waals surface area contributed by atoms with Crippen LogP contribution in [-0.2, 0) is 4.74 Å². The van der Waals surface area contributed by atoms with E-state index in [1.165, 1.54) is 5.69 Å². The second kappa shape index (κ2) is 4.97. The zero-order chi connectivity index (χ0) is 15.2. The molecule has 1 amide bonds. The van der Waals surface area contributed by atoms with Crippen molar-refractivity contribution in [2.75, 3.05) is 18.0 Å². The summed E-state index contributed by atoms with van der Waals surface area (Å²) in [6, 6.07) is 8.58. The molecule has 4 nitrogen and oxygen atoms in total. The summed E-state index contributed by atoms with van der Waals surface area (Å²) >= 11 is 0. The number of fused-ring (bicyclic) bond motifs is 2. The number of nitrogens with zero attached hydrogens (tertiary/aromatic N) is 2. The zero-order valence-electron chi connectivity index (χ0n) is 12.9. The van der Waals surface area contributed by atoms with E-state index in [1.807, 2.05) is 49.9 Å². The lowest BCUT2D eigenvalue weighted by Crippen LogP contribution is -2.50. The van der Waals surface area contributed by atoms with Crippen LogP contribution in [0.5, 0.6) is 0 Å². The molecule has 2 radical (unpaired) electrons. The number of hydrogen-bond donors (Lipinski definition) is 0. The van der Waals surface area contributed by atoms with Crippen molar-refractivity contribution in [1.29, 1.82) is 0 Å². The maximum Gasteiger partial charge on any atom is 0.410 e. The summed E-state index contributed by atoms with van der Waals surface area (Å²) in [6.45, 7) is 7.32.